The van der Waals surface area contributed by atoms with E-state index in [0.717, 1.165) is 28.5 Å². The average molecular weight is 346 g/mol. The fourth-order valence-corrected chi connectivity index (χ4v) is 3.48. The van der Waals surface area contributed by atoms with Crippen LogP contribution in [0, 0.1) is 0 Å². The summed E-state index contributed by atoms with van der Waals surface area (Å²) in [7, 11) is 0. The molecule has 0 bridgehead atoms. The number of nitrogens with one attached hydrogen (secondary N) is 2. The molecular formula is C22H26N4. The molecular weight excluding hydrogens is 320 g/mol. The molecule has 0 aliphatic carbocycles. The molecule has 0 unspecified atom stereocenters. The summed E-state index contributed by atoms with van der Waals surface area (Å²) in [5.74, 6) is 0. The van der Waals surface area contributed by atoms with E-state index >= 15 is 0 Å². The van der Waals surface area contributed by atoms with Crippen molar-refractivity contribution < 1.29 is 0 Å². The van der Waals surface area contributed by atoms with E-state index in [1.807, 2.05) is 18.5 Å². The van der Waals surface area contributed by atoms with E-state index in [-0.39, 0.29) is 10.8 Å². The smallest absolute Gasteiger partial charge is 0.137 e. The first kappa shape index (κ1) is 16.8. The topological polar surface area (TPSA) is 57.4 Å². The first-order valence-electron chi connectivity index (χ1n) is 9.15. The van der Waals surface area contributed by atoms with Gasteiger partial charge in [-0.3, -0.25) is 4.98 Å². The predicted octanol–water partition coefficient (Wildman–Crippen LogP) is 5.26. The summed E-state index contributed by atoms with van der Waals surface area (Å²) >= 11 is 0. The van der Waals surface area contributed by atoms with Gasteiger partial charge in [0.15, 0.2) is 0 Å². The van der Waals surface area contributed by atoms with E-state index in [0.29, 0.717) is 0 Å². The zero-order chi connectivity index (χ0) is 18.5. The van der Waals surface area contributed by atoms with Crippen LogP contribution in [0.5, 0.6) is 0 Å². The third-order valence-electron chi connectivity index (χ3n) is 5.10. The third kappa shape index (κ3) is 3.00. The number of rotatable bonds is 3. The van der Waals surface area contributed by atoms with Gasteiger partial charge in [0.05, 0.1) is 11.0 Å². The van der Waals surface area contributed by atoms with Crippen molar-refractivity contribution >= 4 is 22.1 Å². The van der Waals surface area contributed by atoms with Crippen LogP contribution < -0.4 is 0 Å². The molecule has 4 rings (SSSR count). The molecule has 0 spiro atoms. The number of fused-ring (bicyclic) bond motifs is 2. The van der Waals surface area contributed by atoms with Crippen LogP contribution in [0.1, 0.15) is 51.6 Å². The number of aromatic amines is 2. The quantitative estimate of drug-likeness (QED) is 0.532. The second-order valence-corrected chi connectivity index (χ2v) is 8.89. The van der Waals surface area contributed by atoms with Crippen LogP contribution in [0.25, 0.3) is 22.1 Å². The Morgan fingerprint density at radius 2 is 1.73 bits per heavy atom. The van der Waals surface area contributed by atoms with Crippen molar-refractivity contribution in [1.29, 1.82) is 0 Å². The van der Waals surface area contributed by atoms with Gasteiger partial charge in [-0.15, -0.1) is 0 Å². The van der Waals surface area contributed by atoms with E-state index < -0.39 is 0 Å². The second-order valence-electron chi connectivity index (χ2n) is 8.89. The minimum Gasteiger partial charge on any atom is -0.357 e. The summed E-state index contributed by atoms with van der Waals surface area (Å²) in [6.45, 7) is 11.2. The molecule has 4 aromatic rings. The van der Waals surface area contributed by atoms with Gasteiger partial charge in [0.25, 0.3) is 0 Å². The zero-order valence-electron chi connectivity index (χ0n) is 16.1. The Morgan fingerprint density at radius 1 is 0.923 bits per heavy atom. The number of nitrogens with zero attached hydrogens (tertiary/aromatic N) is 2. The Hall–Kier alpha value is -2.62. The van der Waals surface area contributed by atoms with Crippen LogP contribution in [0.2, 0.25) is 0 Å². The molecule has 4 heterocycles. The minimum absolute atomic E-state index is 0.0322. The van der Waals surface area contributed by atoms with E-state index in [1.165, 1.54) is 17.0 Å². The maximum atomic E-state index is 4.68. The van der Waals surface area contributed by atoms with Crippen LogP contribution in [0.15, 0.2) is 42.7 Å². The molecule has 0 saturated carbocycles. The lowest BCUT2D eigenvalue weighted by Crippen LogP contribution is -2.21. The van der Waals surface area contributed by atoms with Gasteiger partial charge in [0, 0.05) is 40.0 Å². The van der Waals surface area contributed by atoms with Gasteiger partial charge >= 0.3 is 0 Å². The molecule has 4 nitrogen and oxygen atoms in total. The van der Waals surface area contributed by atoms with Gasteiger partial charge in [-0.25, -0.2) is 4.98 Å². The molecule has 0 saturated heterocycles. The molecule has 4 heteroatoms. The van der Waals surface area contributed by atoms with Crippen molar-refractivity contribution in [3.63, 3.8) is 0 Å². The first-order chi connectivity index (χ1) is 12.2. The summed E-state index contributed by atoms with van der Waals surface area (Å²) in [4.78, 5) is 16.1. The molecule has 0 aliphatic rings. The Kier molecular flexibility index (Phi) is 3.69. The fourth-order valence-electron chi connectivity index (χ4n) is 3.48. The third-order valence-corrected chi connectivity index (χ3v) is 5.10. The van der Waals surface area contributed by atoms with Crippen LogP contribution >= 0.6 is 0 Å². The lowest BCUT2D eigenvalue weighted by Gasteiger charge is -2.23. The fraction of sp³-hybridized carbons (Fsp3) is 0.364. The van der Waals surface area contributed by atoms with Crippen LogP contribution in [0.4, 0.5) is 0 Å². The number of hydrogen-bond donors (Lipinski definition) is 2. The van der Waals surface area contributed by atoms with E-state index in [1.54, 1.807) is 0 Å². The summed E-state index contributed by atoms with van der Waals surface area (Å²) in [5.41, 5.74) is 6.81. The van der Waals surface area contributed by atoms with Crippen LogP contribution in [0.3, 0.4) is 0 Å². The highest BCUT2D eigenvalue weighted by Gasteiger charge is 2.24. The first-order valence-corrected chi connectivity index (χ1v) is 9.15. The number of aromatic nitrogens is 4. The van der Waals surface area contributed by atoms with Crippen LogP contribution in [-0.4, -0.2) is 19.9 Å². The zero-order valence-corrected chi connectivity index (χ0v) is 16.1. The summed E-state index contributed by atoms with van der Waals surface area (Å²) < 4.78 is 0. The Balaban J connectivity index is 1.66. The average Bonchev–Trinajstić information content (AvgIpc) is 3.18. The molecule has 0 radical (unpaired) electrons. The molecule has 4 aromatic heterocycles. The SMILES string of the molecule is CC(C)(C)c1cc2ncc(CC(C)(C)c3cc4cccnc4[nH]3)cc2[nH]1. The van der Waals surface area contributed by atoms with Crippen molar-refractivity contribution in [2.24, 2.45) is 0 Å². The highest BCUT2D eigenvalue weighted by atomic mass is 14.9. The van der Waals surface area contributed by atoms with Gasteiger partial charge in [-0.05, 0) is 42.3 Å². The second kappa shape index (κ2) is 5.70. The van der Waals surface area contributed by atoms with Gasteiger partial charge in [0.1, 0.15) is 5.65 Å². The molecule has 0 aliphatic heterocycles. The molecule has 0 atom stereocenters. The number of hydrogen-bond acceptors (Lipinski definition) is 2. The van der Waals surface area contributed by atoms with Gasteiger partial charge in [0.2, 0.25) is 0 Å². The highest BCUT2D eigenvalue weighted by molar-refractivity contribution is 5.77. The van der Waals surface area contributed by atoms with E-state index in [9.17, 15) is 0 Å². The predicted molar refractivity (Wildman–Crippen MR) is 108 cm³/mol. The van der Waals surface area contributed by atoms with Crippen molar-refractivity contribution in [3.05, 3.63) is 59.7 Å². The van der Waals surface area contributed by atoms with E-state index in [4.69, 9.17) is 0 Å². The van der Waals surface area contributed by atoms with Gasteiger partial charge in [-0.1, -0.05) is 34.6 Å². The van der Waals surface area contributed by atoms with Gasteiger partial charge < -0.3 is 9.97 Å². The minimum atomic E-state index is -0.0322. The Bertz CT molecular complexity index is 1040. The standard InChI is InChI=1S/C22H26N4/c1-21(2,3)18-11-16-17(25-18)9-14(13-24-16)12-22(4,5)19-10-15-7-6-8-23-20(15)26-19/h6-11,13,25H,12H2,1-5H3,(H,23,26). The summed E-state index contributed by atoms with van der Waals surface area (Å²) in [6.07, 6.45) is 4.74. The lowest BCUT2D eigenvalue weighted by molar-refractivity contribution is 0.509. The Labute approximate surface area is 154 Å². The number of H-pyrrole nitrogens is 2. The summed E-state index contributed by atoms with van der Waals surface area (Å²) in [6, 6.07) is 10.7. The molecule has 0 amide bonds. The highest BCUT2D eigenvalue weighted by Crippen LogP contribution is 2.31. The molecule has 0 fully saturated rings. The van der Waals surface area contributed by atoms with E-state index in [2.05, 4.69) is 78.8 Å². The normalized spacial score (nSPS) is 13.0. The molecule has 2 N–H and O–H groups in total. The summed E-state index contributed by atoms with van der Waals surface area (Å²) in [5, 5.41) is 1.16. The van der Waals surface area contributed by atoms with Crippen molar-refractivity contribution in [2.75, 3.05) is 0 Å². The maximum absolute atomic E-state index is 4.68. The molecule has 134 valence electrons. The monoisotopic (exact) mass is 346 g/mol. The van der Waals surface area contributed by atoms with Gasteiger partial charge in [-0.2, -0.15) is 0 Å². The van der Waals surface area contributed by atoms with Crippen molar-refractivity contribution in [2.45, 2.75) is 51.9 Å². The van der Waals surface area contributed by atoms with Crippen molar-refractivity contribution in [1.82, 2.24) is 19.9 Å². The molecule has 26 heavy (non-hydrogen) atoms. The Morgan fingerprint density at radius 3 is 2.46 bits per heavy atom. The lowest BCUT2D eigenvalue weighted by atomic mass is 9.83. The molecule has 0 aromatic carbocycles. The largest absolute Gasteiger partial charge is 0.357 e. The maximum Gasteiger partial charge on any atom is 0.137 e. The van der Waals surface area contributed by atoms with Crippen molar-refractivity contribution in [3.8, 4) is 0 Å². The van der Waals surface area contributed by atoms with Crippen LogP contribution in [-0.2, 0) is 17.3 Å². The number of pyridine rings is 2.